The van der Waals surface area contributed by atoms with Crippen molar-refractivity contribution >= 4 is 45.4 Å². The first-order valence-corrected chi connectivity index (χ1v) is 7.55. The van der Waals surface area contributed by atoms with Crippen LogP contribution in [0.25, 0.3) is 0 Å². The maximum Gasteiger partial charge on any atom is 0.327 e. The van der Waals surface area contributed by atoms with Gasteiger partial charge in [-0.1, -0.05) is 15.9 Å². The van der Waals surface area contributed by atoms with Crippen molar-refractivity contribution in [2.24, 2.45) is 0 Å². The number of amides is 2. The molecule has 1 aromatic rings. The van der Waals surface area contributed by atoms with E-state index >= 15 is 0 Å². The van der Waals surface area contributed by atoms with E-state index in [1.165, 1.54) is 16.7 Å². The number of urea groups is 1. The fourth-order valence-corrected chi connectivity index (χ4v) is 3.26. The first-order chi connectivity index (χ1) is 9.52. The summed E-state index contributed by atoms with van der Waals surface area (Å²) >= 11 is 4.62. The van der Waals surface area contributed by atoms with Crippen molar-refractivity contribution in [1.29, 1.82) is 5.26 Å². The molecule has 1 atom stereocenters. The van der Waals surface area contributed by atoms with Gasteiger partial charge in [-0.05, 0) is 18.2 Å². The summed E-state index contributed by atoms with van der Waals surface area (Å²) in [6, 6.07) is 5.52. The highest BCUT2D eigenvalue weighted by atomic mass is 79.9. The molecule has 0 saturated carbocycles. The van der Waals surface area contributed by atoms with Gasteiger partial charge in [-0.25, -0.2) is 9.59 Å². The number of carbonyl (C=O) groups is 2. The Bertz CT molecular complexity index is 602. The quantitative estimate of drug-likeness (QED) is 0.848. The van der Waals surface area contributed by atoms with Crippen LogP contribution in [0.4, 0.5) is 10.5 Å². The summed E-state index contributed by atoms with van der Waals surface area (Å²) in [7, 11) is 0. The predicted octanol–water partition coefficient (Wildman–Crippen LogP) is 2.31. The molecule has 0 spiro atoms. The Morgan fingerprint density at radius 3 is 2.95 bits per heavy atom. The van der Waals surface area contributed by atoms with Gasteiger partial charge in [-0.2, -0.15) is 5.26 Å². The average molecular weight is 356 g/mol. The van der Waals surface area contributed by atoms with E-state index in [4.69, 9.17) is 10.4 Å². The van der Waals surface area contributed by atoms with Crippen LogP contribution in [0, 0.1) is 11.3 Å². The number of nitriles is 1. The molecule has 0 unspecified atom stereocenters. The number of carbonyl (C=O) groups excluding carboxylic acids is 1. The van der Waals surface area contributed by atoms with Crippen LogP contribution in [0.3, 0.4) is 0 Å². The summed E-state index contributed by atoms with van der Waals surface area (Å²) in [5.74, 6) is -0.337. The molecule has 2 amide bonds. The Morgan fingerprint density at radius 2 is 2.30 bits per heavy atom. The van der Waals surface area contributed by atoms with Crippen LogP contribution < -0.4 is 5.32 Å². The Hall–Kier alpha value is -1.72. The number of hydrogen-bond donors (Lipinski definition) is 2. The molecule has 1 aliphatic heterocycles. The number of carboxylic acids is 1. The van der Waals surface area contributed by atoms with Crippen LogP contribution in [0.5, 0.6) is 0 Å². The Kier molecular flexibility index (Phi) is 4.52. The number of anilines is 1. The molecule has 8 heteroatoms. The van der Waals surface area contributed by atoms with Gasteiger partial charge in [-0.3, -0.25) is 0 Å². The summed E-state index contributed by atoms with van der Waals surface area (Å²) < 4.78 is 0.729. The number of nitrogens with zero attached hydrogens (tertiary/aromatic N) is 2. The number of carboxylic acid groups (broad SMARTS) is 1. The molecule has 1 fully saturated rings. The molecule has 0 radical (unpaired) electrons. The number of hydrogen-bond acceptors (Lipinski definition) is 4. The lowest BCUT2D eigenvalue weighted by molar-refractivity contribution is -0.140. The van der Waals surface area contributed by atoms with Crippen LogP contribution >= 0.6 is 27.7 Å². The largest absolute Gasteiger partial charge is 0.480 e. The summed E-state index contributed by atoms with van der Waals surface area (Å²) in [4.78, 5) is 24.4. The molecule has 1 aliphatic rings. The van der Waals surface area contributed by atoms with Crippen molar-refractivity contribution in [3.05, 3.63) is 28.2 Å². The smallest absolute Gasteiger partial charge is 0.327 e. The first kappa shape index (κ1) is 14.7. The van der Waals surface area contributed by atoms with Gasteiger partial charge in [0.05, 0.1) is 17.1 Å². The minimum absolute atomic E-state index is 0.312. The third kappa shape index (κ3) is 3.05. The van der Waals surface area contributed by atoms with Crippen LogP contribution in [0.1, 0.15) is 5.56 Å². The molecule has 0 aromatic heterocycles. The van der Waals surface area contributed by atoms with Gasteiger partial charge in [0.15, 0.2) is 0 Å². The monoisotopic (exact) mass is 355 g/mol. The minimum atomic E-state index is -1.03. The van der Waals surface area contributed by atoms with E-state index in [1.807, 2.05) is 6.07 Å². The van der Waals surface area contributed by atoms with Gasteiger partial charge in [0.25, 0.3) is 0 Å². The standard InChI is InChI=1S/C12H10BrN3O3S/c13-8-1-2-9(7(3-8)4-14)15-12(19)16-6-20-5-10(16)11(17)18/h1-3,10H,5-6H2,(H,15,19)(H,17,18)/t10-/m0/s1. The Balaban J connectivity index is 2.16. The summed E-state index contributed by atoms with van der Waals surface area (Å²) in [6.45, 7) is 0. The number of halogens is 1. The van der Waals surface area contributed by atoms with Crippen molar-refractivity contribution in [2.75, 3.05) is 16.9 Å². The van der Waals surface area contributed by atoms with Crippen LogP contribution in [-0.2, 0) is 4.79 Å². The molecule has 1 saturated heterocycles. The number of aliphatic carboxylic acids is 1. The van der Waals surface area contributed by atoms with E-state index in [2.05, 4.69) is 21.2 Å². The van der Waals surface area contributed by atoms with Crippen molar-refractivity contribution in [2.45, 2.75) is 6.04 Å². The molecule has 0 bridgehead atoms. The highest BCUT2D eigenvalue weighted by molar-refractivity contribution is 9.10. The lowest BCUT2D eigenvalue weighted by atomic mass is 10.2. The summed E-state index contributed by atoms with van der Waals surface area (Å²) in [5.41, 5.74) is 0.674. The topological polar surface area (TPSA) is 93.4 Å². The second kappa shape index (κ2) is 6.15. The van der Waals surface area contributed by atoms with E-state index in [1.54, 1.807) is 18.2 Å². The first-order valence-electron chi connectivity index (χ1n) is 5.60. The van der Waals surface area contributed by atoms with Crippen LogP contribution in [0.2, 0.25) is 0 Å². The number of nitrogens with one attached hydrogen (secondary N) is 1. The van der Waals surface area contributed by atoms with Crippen LogP contribution in [0.15, 0.2) is 22.7 Å². The van der Waals surface area contributed by atoms with E-state index in [9.17, 15) is 9.59 Å². The van der Waals surface area contributed by atoms with Gasteiger partial charge >= 0.3 is 12.0 Å². The van der Waals surface area contributed by atoms with Crippen LogP contribution in [-0.4, -0.2) is 39.7 Å². The molecule has 6 nitrogen and oxygen atoms in total. The maximum atomic E-state index is 12.1. The Morgan fingerprint density at radius 1 is 1.55 bits per heavy atom. The van der Waals surface area contributed by atoms with E-state index in [-0.39, 0.29) is 0 Å². The van der Waals surface area contributed by atoms with E-state index in [0.29, 0.717) is 22.9 Å². The van der Waals surface area contributed by atoms with Gasteiger partial charge < -0.3 is 15.3 Å². The number of rotatable bonds is 2. The third-order valence-electron chi connectivity index (χ3n) is 2.77. The van der Waals surface area contributed by atoms with Crippen molar-refractivity contribution in [1.82, 2.24) is 4.90 Å². The zero-order valence-corrected chi connectivity index (χ0v) is 12.6. The minimum Gasteiger partial charge on any atom is -0.480 e. The van der Waals surface area contributed by atoms with Crippen molar-refractivity contribution in [3.8, 4) is 6.07 Å². The lowest BCUT2D eigenvalue weighted by Crippen LogP contribution is -2.44. The average Bonchev–Trinajstić information content (AvgIpc) is 2.90. The van der Waals surface area contributed by atoms with Gasteiger partial charge in [0.1, 0.15) is 12.1 Å². The van der Waals surface area contributed by atoms with Gasteiger partial charge in [0, 0.05) is 10.2 Å². The highest BCUT2D eigenvalue weighted by Crippen LogP contribution is 2.24. The molecule has 1 aromatic carbocycles. The summed E-state index contributed by atoms with van der Waals surface area (Å²) in [5, 5.41) is 20.7. The fourth-order valence-electron chi connectivity index (χ4n) is 1.75. The molecule has 2 rings (SSSR count). The van der Waals surface area contributed by atoms with Crippen molar-refractivity contribution in [3.63, 3.8) is 0 Å². The molecular weight excluding hydrogens is 346 g/mol. The molecule has 20 heavy (non-hydrogen) atoms. The van der Waals surface area contributed by atoms with E-state index in [0.717, 1.165) is 4.47 Å². The molecule has 104 valence electrons. The van der Waals surface area contributed by atoms with Crippen molar-refractivity contribution < 1.29 is 14.7 Å². The second-order valence-electron chi connectivity index (χ2n) is 4.06. The van der Waals surface area contributed by atoms with Gasteiger partial charge in [0.2, 0.25) is 0 Å². The zero-order chi connectivity index (χ0) is 14.7. The zero-order valence-electron chi connectivity index (χ0n) is 10.2. The molecular formula is C12H10BrN3O3S. The molecule has 1 heterocycles. The normalized spacial score (nSPS) is 17.6. The van der Waals surface area contributed by atoms with E-state index < -0.39 is 18.0 Å². The lowest BCUT2D eigenvalue weighted by Gasteiger charge is -2.21. The maximum absolute atomic E-state index is 12.1. The Labute approximate surface area is 127 Å². The van der Waals surface area contributed by atoms with Gasteiger partial charge in [-0.15, -0.1) is 11.8 Å². The highest BCUT2D eigenvalue weighted by Gasteiger charge is 2.34. The third-order valence-corrected chi connectivity index (χ3v) is 4.28. The number of thioether (sulfide) groups is 1. The fraction of sp³-hybridized carbons (Fsp3) is 0.250. The molecule has 2 N–H and O–H groups in total. The predicted molar refractivity (Wildman–Crippen MR) is 78.5 cm³/mol. The second-order valence-corrected chi connectivity index (χ2v) is 5.97. The number of benzene rings is 1. The SMILES string of the molecule is N#Cc1cc(Br)ccc1NC(=O)N1CSC[C@H]1C(=O)O. The molecule has 0 aliphatic carbocycles. The summed E-state index contributed by atoms with van der Waals surface area (Å²) in [6.07, 6.45) is 0.